The SMILES string of the molecule is Cc1nc(C(N)=O)ccc1NC(=O)c1cnn2ccc(CNC(=O)OC(C)(C)C)cc12. The van der Waals surface area contributed by atoms with E-state index in [1.54, 1.807) is 56.6 Å². The molecule has 3 rings (SSSR count). The minimum Gasteiger partial charge on any atom is -0.444 e. The van der Waals surface area contributed by atoms with Crippen molar-refractivity contribution in [3.8, 4) is 0 Å². The summed E-state index contributed by atoms with van der Waals surface area (Å²) in [6.07, 6.45) is 2.63. The lowest BCUT2D eigenvalue weighted by molar-refractivity contribution is 0.0523. The predicted molar refractivity (Wildman–Crippen MR) is 114 cm³/mol. The minimum atomic E-state index is -0.642. The number of nitrogens with zero attached hydrogens (tertiary/aromatic N) is 3. The number of amides is 3. The summed E-state index contributed by atoms with van der Waals surface area (Å²) >= 11 is 0. The number of primary amides is 1. The molecule has 0 saturated carbocycles. The molecule has 10 nitrogen and oxygen atoms in total. The Hall–Kier alpha value is -3.95. The highest BCUT2D eigenvalue weighted by atomic mass is 16.6. The highest BCUT2D eigenvalue weighted by Gasteiger charge is 2.17. The highest BCUT2D eigenvalue weighted by Crippen LogP contribution is 2.18. The molecular formula is C21H24N6O4. The lowest BCUT2D eigenvalue weighted by Crippen LogP contribution is -2.32. The summed E-state index contributed by atoms with van der Waals surface area (Å²) in [4.78, 5) is 40.0. The molecule has 10 heteroatoms. The van der Waals surface area contributed by atoms with E-state index in [1.165, 1.54) is 12.3 Å². The second-order valence-corrected chi connectivity index (χ2v) is 7.93. The van der Waals surface area contributed by atoms with E-state index in [0.29, 0.717) is 22.5 Å². The Bertz CT molecular complexity index is 1160. The van der Waals surface area contributed by atoms with Gasteiger partial charge in [0.2, 0.25) is 0 Å². The van der Waals surface area contributed by atoms with Crippen LogP contribution in [0.5, 0.6) is 0 Å². The lowest BCUT2D eigenvalue weighted by atomic mass is 10.2. The fourth-order valence-electron chi connectivity index (χ4n) is 2.82. The van der Waals surface area contributed by atoms with Gasteiger partial charge in [0.25, 0.3) is 11.8 Å². The molecule has 0 unspecified atom stereocenters. The maximum atomic E-state index is 12.8. The number of aryl methyl sites for hydroxylation is 1. The van der Waals surface area contributed by atoms with Crippen LogP contribution >= 0.6 is 0 Å². The number of fused-ring (bicyclic) bond motifs is 1. The number of carbonyl (C=O) groups excluding carboxylic acids is 3. The topological polar surface area (TPSA) is 141 Å². The molecule has 0 bridgehead atoms. The molecule has 4 N–H and O–H groups in total. The first-order valence-corrected chi connectivity index (χ1v) is 9.55. The van der Waals surface area contributed by atoms with Gasteiger partial charge in [-0.15, -0.1) is 0 Å². The molecule has 0 fully saturated rings. The van der Waals surface area contributed by atoms with Crippen molar-refractivity contribution in [2.75, 3.05) is 5.32 Å². The van der Waals surface area contributed by atoms with Crippen molar-refractivity contribution in [1.82, 2.24) is 19.9 Å². The number of rotatable bonds is 5. The minimum absolute atomic E-state index is 0.119. The summed E-state index contributed by atoms with van der Waals surface area (Å²) in [6.45, 7) is 7.26. The summed E-state index contributed by atoms with van der Waals surface area (Å²) < 4.78 is 6.79. The fourth-order valence-corrected chi connectivity index (χ4v) is 2.82. The lowest BCUT2D eigenvalue weighted by Gasteiger charge is -2.19. The summed E-state index contributed by atoms with van der Waals surface area (Å²) in [5, 5.41) is 9.65. The average Bonchev–Trinajstić information content (AvgIpc) is 3.09. The van der Waals surface area contributed by atoms with Crippen LogP contribution in [0.1, 0.15) is 52.9 Å². The van der Waals surface area contributed by atoms with Crippen molar-refractivity contribution in [3.05, 3.63) is 59.2 Å². The summed E-state index contributed by atoms with van der Waals surface area (Å²) in [6, 6.07) is 6.57. The van der Waals surface area contributed by atoms with Crippen LogP contribution in [0.4, 0.5) is 10.5 Å². The number of nitrogens with two attached hydrogens (primary N) is 1. The Kier molecular flexibility index (Phi) is 5.91. The summed E-state index contributed by atoms with van der Waals surface area (Å²) in [5.41, 5.74) is 7.36. The summed E-state index contributed by atoms with van der Waals surface area (Å²) in [5.74, 6) is -1.03. The van der Waals surface area contributed by atoms with E-state index in [9.17, 15) is 14.4 Å². The number of carbonyl (C=O) groups is 3. The normalized spacial score (nSPS) is 11.2. The largest absolute Gasteiger partial charge is 0.444 e. The zero-order valence-electron chi connectivity index (χ0n) is 17.7. The third-order valence-electron chi connectivity index (χ3n) is 4.25. The second kappa shape index (κ2) is 8.42. The van der Waals surface area contributed by atoms with Gasteiger partial charge in [-0.25, -0.2) is 14.3 Å². The van der Waals surface area contributed by atoms with Gasteiger partial charge in [-0.05, 0) is 57.5 Å². The van der Waals surface area contributed by atoms with Gasteiger partial charge >= 0.3 is 6.09 Å². The molecule has 3 aromatic rings. The van der Waals surface area contributed by atoms with Crippen molar-refractivity contribution < 1.29 is 19.1 Å². The van der Waals surface area contributed by atoms with Crippen molar-refractivity contribution in [3.63, 3.8) is 0 Å². The smallest absolute Gasteiger partial charge is 0.407 e. The highest BCUT2D eigenvalue weighted by molar-refractivity contribution is 6.09. The Morgan fingerprint density at radius 3 is 2.58 bits per heavy atom. The quantitative estimate of drug-likeness (QED) is 0.574. The van der Waals surface area contributed by atoms with Crippen LogP contribution in [0, 0.1) is 6.92 Å². The molecule has 3 heterocycles. The first-order chi connectivity index (χ1) is 14.5. The van der Waals surface area contributed by atoms with Gasteiger partial charge in [-0.1, -0.05) is 0 Å². The van der Waals surface area contributed by atoms with Crippen LogP contribution < -0.4 is 16.4 Å². The van der Waals surface area contributed by atoms with E-state index < -0.39 is 17.6 Å². The van der Waals surface area contributed by atoms with Crippen LogP contribution in [0.2, 0.25) is 0 Å². The number of anilines is 1. The van der Waals surface area contributed by atoms with Crippen molar-refractivity contribution >= 4 is 29.1 Å². The molecule has 0 saturated heterocycles. The predicted octanol–water partition coefficient (Wildman–Crippen LogP) is 2.41. The molecule has 3 aromatic heterocycles. The number of nitrogens with one attached hydrogen (secondary N) is 2. The van der Waals surface area contributed by atoms with E-state index >= 15 is 0 Å². The zero-order chi connectivity index (χ0) is 22.8. The Labute approximate surface area is 178 Å². The summed E-state index contributed by atoms with van der Waals surface area (Å²) in [7, 11) is 0. The standard InChI is InChI=1S/C21H24N6O4/c1-12-15(5-6-16(25-12)18(22)28)26-19(29)14-11-24-27-8-7-13(9-17(14)27)10-23-20(30)31-21(2,3)4/h5-9,11H,10H2,1-4H3,(H2,22,28)(H,23,30)(H,26,29). The van der Waals surface area contributed by atoms with Gasteiger partial charge in [0.15, 0.2) is 0 Å². The third-order valence-corrected chi connectivity index (χ3v) is 4.25. The number of alkyl carbamates (subject to hydrolysis) is 1. The maximum absolute atomic E-state index is 12.8. The number of ether oxygens (including phenoxy) is 1. The molecule has 0 aliphatic rings. The molecule has 0 aliphatic heterocycles. The van der Waals surface area contributed by atoms with E-state index in [4.69, 9.17) is 10.5 Å². The molecule has 0 spiro atoms. The van der Waals surface area contributed by atoms with Crippen LogP contribution in [-0.4, -0.2) is 38.1 Å². The van der Waals surface area contributed by atoms with Gasteiger partial charge in [0, 0.05) is 12.7 Å². The van der Waals surface area contributed by atoms with Crippen molar-refractivity contribution in [2.45, 2.75) is 39.8 Å². The van der Waals surface area contributed by atoms with E-state index in [-0.39, 0.29) is 18.1 Å². The van der Waals surface area contributed by atoms with Crippen molar-refractivity contribution in [1.29, 1.82) is 0 Å². The Morgan fingerprint density at radius 2 is 1.94 bits per heavy atom. The van der Waals surface area contributed by atoms with Gasteiger partial charge in [-0.2, -0.15) is 5.10 Å². The first-order valence-electron chi connectivity index (χ1n) is 9.55. The van der Waals surface area contributed by atoms with Gasteiger partial charge < -0.3 is 21.1 Å². The Balaban J connectivity index is 1.76. The first kappa shape index (κ1) is 21.8. The van der Waals surface area contributed by atoms with E-state index in [0.717, 1.165) is 5.56 Å². The zero-order valence-corrected chi connectivity index (χ0v) is 17.7. The third kappa shape index (κ3) is 5.35. The van der Waals surface area contributed by atoms with Crippen LogP contribution in [0.25, 0.3) is 5.52 Å². The van der Waals surface area contributed by atoms with Gasteiger partial charge in [-0.3, -0.25) is 9.59 Å². The molecule has 31 heavy (non-hydrogen) atoms. The average molecular weight is 424 g/mol. The van der Waals surface area contributed by atoms with Crippen molar-refractivity contribution in [2.24, 2.45) is 5.73 Å². The molecule has 0 atom stereocenters. The molecule has 0 radical (unpaired) electrons. The second-order valence-electron chi connectivity index (χ2n) is 7.93. The number of hydrogen-bond donors (Lipinski definition) is 3. The van der Waals surface area contributed by atoms with Gasteiger partial charge in [0.1, 0.15) is 11.3 Å². The molecule has 0 aromatic carbocycles. The van der Waals surface area contributed by atoms with Crippen LogP contribution in [-0.2, 0) is 11.3 Å². The number of aromatic nitrogens is 3. The molecular weight excluding hydrogens is 400 g/mol. The van der Waals surface area contributed by atoms with Crippen LogP contribution in [0.15, 0.2) is 36.7 Å². The molecule has 0 aliphatic carbocycles. The number of pyridine rings is 2. The monoisotopic (exact) mass is 424 g/mol. The fraction of sp³-hybridized carbons (Fsp3) is 0.286. The van der Waals surface area contributed by atoms with Gasteiger partial charge in [0.05, 0.1) is 28.7 Å². The number of hydrogen-bond acceptors (Lipinski definition) is 6. The molecule has 3 amide bonds. The Morgan fingerprint density at radius 1 is 1.19 bits per heavy atom. The maximum Gasteiger partial charge on any atom is 0.407 e. The van der Waals surface area contributed by atoms with Crippen LogP contribution in [0.3, 0.4) is 0 Å². The van der Waals surface area contributed by atoms with E-state index in [2.05, 4.69) is 20.7 Å². The van der Waals surface area contributed by atoms with E-state index in [1.807, 2.05) is 0 Å². The molecule has 162 valence electrons.